The van der Waals surface area contributed by atoms with E-state index in [2.05, 4.69) is 15.3 Å². The van der Waals surface area contributed by atoms with E-state index in [1.807, 2.05) is 37.3 Å². The summed E-state index contributed by atoms with van der Waals surface area (Å²) < 4.78 is 0. The SMILES string of the molecule is Cc1ccnc(NC(=O)c2c(C)c3ccccc3[nH]c2=O)c1. The van der Waals surface area contributed by atoms with Crippen LogP contribution in [0.3, 0.4) is 0 Å². The van der Waals surface area contributed by atoms with E-state index in [1.165, 1.54) is 0 Å². The van der Waals surface area contributed by atoms with Crippen LogP contribution in [-0.2, 0) is 0 Å². The molecule has 0 saturated carbocycles. The van der Waals surface area contributed by atoms with E-state index in [0.717, 1.165) is 16.5 Å². The largest absolute Gasteiger partial charge is 0.321 e. The molecule has 5 heteroatoms. The Morgan fingerprint density at radius 3 is 2.73 bits per heavy atom. The number of anilines is 1. The lowest BCUT2D eigenvalue weighted by Gasteiger charge is -2.09. The molecule has 0 aliphatic rings. The molecule has 3 rings (SSSR count). The van der Waals surface area contributed by atoms with Gasteiger partial charge in [0.05, 0.1) is 0 Å². The Labute approximate surface area is 127 Å². The van der Waals surface area contributed by atoms with Crippen molar-refractivity contribution in [1.82, 2.24) is 9.97 Å². The number of aromatic amines is 1. The summed E-state index contributed by atoms with van der Waals surface area (Å²) in [7, 11) is 0. The number of fused-ring (bicyclic) bond motifs is 1. The molecular weight excluding hydrogens is 278 g/mol. The first-order valence-electron chi connectivity index (χ1n) is 6.92. The van der Waals surface area contributed by atoms with Crippen LogP contribution in [0.5, 0.6) is 0 Å². The normalized spacial score (nSPS) is 10.6. The minimum atomic E-state index is -0.456. The fraction of sp³-hybridized carbons (Fsp3) is 0.118. The van der Waals surface area contributed by atoms with E-state index in [1.54, 1.807) is 19.2 Å². The Bertz CT molecular complexity index is 929. The summed E-state index contributed by atoms with van der Waals surface area (Å²) in [5.41, 5.74) is 2.07. The van der Waals surface area contributed by atoms with E-state index in [0.29, 0.717) is 11.4 Å². The third kappa shape index (κ3) is 2.48. The molecule has 5 nitrogen and oxygen atoms in total. The van der Waals surface area contributed by atoms with Crippen molar-refractivity contribution in [2.75, 3.05) is 5.32 Å². The van der Waals surface area contributed by atoms with Crippen LogP contribution in [0, 0.1) is 13.8 Å². The molecule has 110 valence electrons. The van der Waals surface area contributed by atoms with Gasteiger partial charge in [-0.05, 0) is 43.2 Å². The van der Waals surface area contributed by atoms with Crippen LogP contribution in [0.2, 0.25) is 0 Å². The first-order chi connectivity index (χ1) is 10.6. The van der Waals surface area contributed by atoms with Crippen LogP contribution in [0.1, 0.15) is 21.5 Å². The van der Waals surface area contributed by atoms with Gasteiger partial charge in [0.1, 0.15) is 11.4 Å². The highest BCUT2D eigenvalue weighted by Crippen LogP contribution is 2.17. The number of nitrogens with zero attached hydrogens (tertiary/aromatic N) is 1. The van der Waals surface area contributed by atoms with Crippen molar-refractivity contribution in [2.24, 2.45) is 0 Å². The Kier molecular flexibility index (Phi) is 3.47. The zero-order valence-electron chi connectivity index (χ0n) is 12.3. The number of amides is 1. The summed E-state index contributed by atoms with van der Waals surface area (Å²) in [6, 6.07) is 11.0. The number of hydrogen-bond donors (Lipinski definition) is 2. The number of para-hydroxylation sites is 1. The second-order valence-electron chi connectivity index (χ2n) is 5.17. The molecule has 2 heterocycles. The van der Waals surface area contributed by atoms with Gasteiger partial charge in [-0.25, -0.2) is 4.98 Å². The minimum absolute atomic E-state index is 0.113. The zero-order valence-corrected chi connectivity index (χ0v) is 12.3. The molecule has 22 heavy (non-hydrogen) atoms. The van der Waals surface area contributed by atoms with Gasteiger partial charge in [0.25, 0.3) is 11.5 Å². The molecule has 0 aliphatic heterocycles. The fourth-order valence-corrected chi connectivity index (χ4v) is 2.47. The summed E-state index contributed by atoms with van der Waals surface area (Å²) in [6.07, 6.45) is 1.61. The van der Waals surface area contributed by atoms with Crippen LogP contribution in [0.25, 0.3) is 10.9 Å². The molecule has 0 fully saturated rings. The molecule has 0 radical (unpaired) electrons. The molecule has 0 saturated heterocycles. The standard InChI is InChI=1S/C17H15N3O2/c1-10-7-8-18-14(9-10)20-17(22)15-11(2)12-5-3-4-6-13(12)19-16(15)21/h3-9H,1-2H3,(H,19,21)(H,18,20,22). The molecule has 0 bridgehead atoms. The van der Waals surface area contributed by atoms with Gasteiger partial charge < -0.3 is 10.3 Å². The number of nitrogens with one attached hydrogen (secondary N) is 2. The Morgan fingerprint density at radius 1 is 1.18 bits per heavy atom. The van der Waals surface area contributed by atoms with Gasteiger partial charge in [-0.1, -0.05) is 18.2 Å². The lowest BCUT2D eigenvalue weighted by Crippen LogP contribution is -2.25. The molecule has 1 aromatic carbocycles. The van der Waals surface area contributed by atoms with Gasteiger partial charge >= 0.3 is 0 Å². The van der Waals surface area contributed by atoms with Gasteiger partial charge in [-0.2, -0.15) is 0 Å². The van der Waals surface area contributed by atoms with Crippen molar-refractivity contribution < 1.29 is 4.79 Å². The third-order valence-corrected chi connectivity index (χ3v) is 3.57. The number of benzene rings is 1. The van der Waals surface area contributed by atoms with Crippen LogP contribution in [0.15, 0.2) is 47.4 Å². The van der Waals surface area contributed by atoms with Gasteiger partial charge in [0.2, 0.25) is 0 Å². The summed E-state index contributed by atoms with van der Waals surface area (Å²) >= 11 is 0. The number of carbonyl (C=O) groups excluding carboxylic acids is 1. The molecule has 0 aliphatic carbocycles. The van der Waals surface area contributed by atoms with Crippen molar-refractivity contribution in [2.45, 2.75) is 13.8 Å². The average molecular weight is 293 g/mol. The molecule has 0 spiro atoms. The molecule has 0 atom stereocenters. The monoisotopic (exact) mass is 293 g/mol. The maximum absolute atomic E-state index is 12.4. The predicted molar refractivity (Wildman–Crippen MR) is 86.2 cm³/mol. The Morgan fingerprint density at radius 2 is 1.95 bits per heavy atom. The lowest BCUT2D eigenvalue weighted by atomic mass is 10.0. The van der Waals surface area contributed by atoms with Gasteiger partial charge in [-0.3, -0.25) is 9.59 Å². The van der Waals surface area contributed by atoms with Crippen molar-refractivity contribution in [3.05, 3.63) is 69.6 Å². The molecule has 2 aromatic heterocycles. The number of aryl methyl sites for hydroxylation is 2. The van der Waals surface area contributed by atoms with Gasteiger partial charge in [-0.15, -0.1) is 0 Å². The topological polar surface area (TPSA) is 74.8 Å². The summed E-state index contributed by atoms with van der Waals surface area (Å²) in [6.45, 7) is 3.68. The van der Waals surface area contributed by atoms with Crippen LogP contribution < -0.4 is 10.9 Å². The molecule has 2 N–H and O–H groups in total. The number of hydrogen-bond acceptors (Lipinski definition) is 3. The van der Waals surface area contributed by atoms with Gasteiger partial charge in [0.15, 0.2) is 0 Å². The number of pyridine rings is 2. The maximum atomic E-state index is 12.4. The van der Waals surface area contributed by atoms with Gasteiger partial charge in [0, 0.05) is 17.1 Å². The predicted octanol–water partition coefficient (Wildman–Crippen LogP) is 2.79. The van der Waals surface area contributed by atoms with E-state index in [9.17, 15) is 9.59 Å². The fourth-order valence-electron chi connectivity index (χ4n) is 2.47. The average Bonchev–Trinajstić information content (AvgIpc) is 2.47. The van der Waals surface area contributed by atoms with Crippen LogP contribution in [0.4, 0.5) is 5.82 Å². The summed E-state index contributed by atoms with van der Waals surface area (Å²) in [4.78, 5) is 31.5. The molecule has 1 amide bonds. The lowest BCUT2D eigenvalue weighted by molar-refractivity contribution is 0.102. The Balaban J connectivity index is 2.06. The zero-order chi connectivity index (χ0) is 15.7. The molecular formula is C17H15N3O2. The highest BCUT2D eigenvalue weighted by molar-refractivity contribution is 6.07. The minimum Gasteiger partial charge on any atom is -0.321 e. The van der Waals surface area contributed by atoms with Crippen molar-refractivity contribution in [1.29, 1.82) is 0 Å². The van der Waals surface area contributed by atoms with E-state index in [4.69, 9.17) is 0 Å². The molecule has 0 unspecified atom stereocenters. The van der Waals surface area contributed by atoms with Crippen molar-refractivity contribution in [3.63, 3.8) is 0 Å². The number of H-pyrrole nitrogens is 1. The number of aromatic nitrogens is 2. The smallest absolute Gasteiger partial charge is 0.262 e. The summed E-state index contributed by atoms with van der Waals surface area (Å²) in [5.74, 6) is -0.0282. The van der Waals surface area contributed by atoms with E-state index in [-0.39, 0.29) is 5.56 Å². The third-order valence-electron chi connectivity index (χ3n) is 3.57. The van der Waals surface area contributed by atoms with Crippen LogP contribution in [-0.4, -0.2) is 15.9 Å². The Hall–Kier alpha value is -2.95. The first kappa shape index (κ1) is 14.0. The highest BCUT2D eigenvalue weighted by Gasteiger charge is 2.17. The number of carbonyl (C=O) groups is 1. The molecule has 3 aromatic rings. The second-order valence-corrected chi connectivity index (χ2v) is 5.17. The second kappa shape index (κ2) is 5.44. The van der Waals surface area contributed by atoms with Crippen molar-refractivity contribution in [3.8, 4) is 0 Å². The van der Waals surface area contributed by atoms with Crippen LogP contribution >= 0.6 is 0 Å². The number of rotatable bonds is 2. The maximum Gasteiger partial charge on any atom is 0.262 e. The van der Waals surface area contributed by atoms with E-state index >= 15 is 0 Å². The first-order valence-corrected chi connectivity index (χ1v) is 6.92. The quantitative estimate of drug-likeness (QED) is 0.763. The highest BCUT2D eigenvalue weighted by atomic mass is 16.2. The summed E-state index contributed by atoms with van der Waals surface area (Å²) in [5, 5.41) is 3.53. The van der Waals surface area contributed by atoms with Crippen molar-refractivity contribution >= 4 is 22.6 Å². The van der Waals surface area contributed by atoms with E-state index < -0.39 is 11.5 Å².